The van der Waals surface area contributed by atoms with Crippen molar-refractivity contribution in [3.63, 3.8) is 0 Å². The van der Waals surface area contributed by atoms with Gasteiger partial charge in [-0.3, -0.25) is 4.90 Å². The Morgan fingerprint density at radius 2 is 2.22 bits per heavy atom. The number of nitrogens with zero attached hydrogens (tertiary/aromatic N) is 1. The summed E-state index contributed by atoms with van der Waals surface area (Å²) in [6.07, 6.45) is 1.86. The SMILES string of the molecule is OC[CH]C(O)N1CCCC1c1cc(F)ccc1F. The van der Waals surface area contributed by atoms with E-state index in [2.05, 4.69) is 0 Å². The van der Waals surface area contributed by atoms with Crippen LogP contribution in [0.5, 0.6) is 0 Å². The minimum absolute atomic E-state index is 0.254. The summed E-state index contributed by atoms with van der Waals surface area (Å²) in [5.41, 5.74) is 0.262. The van der Waals surface area contributed by atoms with Gasteiger partial charge in [0.05, 0.1) is 6.61 Å². The van der Waals surface area contributed by atoms with Crippen LogP contribution in [0.3, 0.4) is 0 Å². The second-order valence-electron chi connectivity index (χ2n) is 4.39. The molecule has 1 heterocycles. The van der Waals surface area contributed by atoms with Crippen LogP contribution in [0.4, 0.5) is 8.78 Å². The molecular weight excluding hydrogens is 240 g/mol. The third-order valence-corrected chi connectivity index (χ3v) is 3.27. The Bertz CT molecular complexity index is 414. The first-order valence-electron chi connectivity index (χ1n) is 5.96. The van der Waals surface area contributed by atoms with Crippen LogP contribution in [0, 0.1) is 18.1 Å². The number of likely N-dealkylation sites (tertiary alicyclic amines) is 1. The van der Waals surface area contributed by atoms with E-state index in [1.165, 1.54) is 12.5 Å². The molecule has 0 aromatic heterocycles. The van der Waals surface area contributed by atoms with E-state index in [1.54, 1.807) is 4.90 Å². The van der Waals surface area contributed by atoms with Crippen molar-refractivity contribution in [3.8, 4) is 0 Å². The fourth-order valence-corrected chi connectivity index (χ4v) is 2.44. The number of hydrogen-bond donors (Lipinski definition) is 2. The van der Waals surface area contributed by atoms with Crippen molar-refractivity contribution < 1.29 is 19.0 Å². The van der Waals surface area contributed by atoms with Crippen LogP contribution in [0.25, 0.3) is 0 Å². The Balaban J connectivity index is 2.23. The van der Waals surface area contributed by atoms with Crippen molar-refractivity contribution in [2.75, 3.05) is 13.2 Å². The maximum Gasteiger partial charge on any atom is 0.128 e. The molecule has 0 bridgehead atoms. The Morgan fingerprint density at radius 1 is 1.44 bits per heavy atom. The van der Waals surface area contributed by atoms with Crippen molar-refractivity contribution in [3.05, 3.63) is 41.8 Å². The topological polar surface area (TPSA) is 43.7 Å². The first-order chi connectivity index (χ1) is 8.63. The minimum atomic E-state index is -0.940. The Kier molecular flexibility index (Phi) is 4.27. The Labute approximate surface area is 105 Å². The van der Waals surface area contributed by atoms with E-state index in [0.717, 1.165) is 18.6 Å². The number of rotatable bonds is 4. The van der Waals surface area contributed by atoms with Crippen LogP contribution >= 0.6 is 0 Å². The Morgan fingerprint density at radius 3 is 2.94 bits per heavy atom. The molecule has 2 rings (SSSR count). The molecule has 99 valence electrons. The molecule has 0 amide bonds. The Hall–Kier alpha value is -1.04. The van der Waals surface area contributed by atoms with Crippen molar-refractivity contribution in [1.29, 1.82) is 0 Å². The van der Waals surface area contributed by atoms with Crippen LogP contribution in [0.1, 0.15) is 24.4 Å². The molecule has 1 aliphatic rings. The molecule has 1 aromatic rings. The molecule has 1 aromatic carbocycles. The molecule has 2 atom stereocenters. The third-order valence-electron chi connectivity index (χ3n) is 3.27. The normalized spacial score (nSPS) is 22.3. The van der Waals surface area contributed by atoms with Crippen LogP contribution in [-0.2, 0) is 0 Å². The highest BCUT2D eigenvalue weighted by Gasteiger charge is 2.32. The van der Waals surface area contributed by atoms with Gasteiger partial charge in [0.25, 0.3) is 0 Å². The van der Waals surface area contributed by atoms with Crippen molar-refractivity contribution >= 4 is 0 Å². The van der Waals surface area contributed by atoms with Gasteiger partial charge in [-0.15, -0.1) is 0 Å². The number of benzene rings is 1. The van der Waals surface area contributed by atoms with Gasteiger partial charge in [-0.25, -0.2) is 8.78 Å². The van der Waals surface area contributed by atoms with Gasteiger partial charge in [0, 0.05) is 24.6 Å². The van der Waals surface area contributed by atoms with E-state index in [0.29, 0.717) is 13.0 Å². The summed E-state index contributed by atoms with van der Waals surface area (Å²) in [5.74, 6) is -0.955. The smallest absolute Gasteiger partial charge is 0.128 e. The van der Waals surface area contributed by atoms with Crippen molar-refractivity contribution in [2.45, 2.75) is 25.1 Å². The molecule has 18 heavy (non-hydrogen) atoms. The lowest BCUT2D eigenvalue weighted by atomic mass is 10.0. The van der Waals surface area contributed by atoms with E-state index in [9.17, 15) is 13.9 Å². The second-order valence-corrected chi connectivity index (χ2v) is 4.39. The van der Waals surface area contributed by atoms with Crippen LogP contribution in [-0.4, -0.2) is 34.5 Å². The van der Waals surface area contributed by atoms with Gasteiger partial charge in [-0.2, -0.15) is 0 Å². The molecule has 1 fully saturated rings. The van der Waals surface area contributed by atoms with Crippen molar-refractivity contribution in [2.24, 2.45) is 0 Å². The molecule has 1 radical (unpaired) electrons. The zero-order valence-corrected chi connectivity index (χ0v) is 9.89. The summed E-state index contributed by atoms with van der Waals surface area (Å²) >= 11 is 0. The summed E-state index contributed by atoms with van der Waals surface area (Å²) in [6, 6.07) is 3.00. The zero-order valence-electron chi connectivity index (χ0n) is 9.89. The summed E-state index contributed by atoms with van der Waals surface area (Å²) < 4.78 is 26.9. The zero-order chi connectivity index (χ0) is 13.1. The number of aliphatic hydroxyl groups is 2. The largest absolute Gasteiger partial charge is 0.396 e. The van der Waals surface area contributed by atoms with E-state index in [4.69, 9.17) is 5.11 Å². The molecule has 3 nitrogen and oxygen atoms in total. The van der Waals surface area contributed by atoms with Gasteiger partial charge in [0.15, 0.2) is 0 Å². The van der Waals surface area contributed by atoms with Gasteiger partial charge in [-0.05, 0) is 31.0 Å². The van der Waals surface area contributed by atoms with Gasteiger partial charge in [-0.1, -0.05) is 0 Å². The predicted molar refractivity (Wildman–Crippen MR) is 62.4 cm³/mol. The fraction of sp³-hybridized carbons (Fsp3) is 0.462. The highest BCUT2D eigenvalue weighted by atomic mass is 19.1. The van der Waals surface area contributed by atoms with Crippen molar-refractivity contribution in [1.82, 2.24) is 4.90 Å². The predicted octanol–water partition coefficient (Wildman–Crippen LogP) is 1.62. The average molecular weight is 256 g/mol. The number of aliphatic hydroxyl groups excluding tert-OH is 2. The van der Waals surface area contributed by atoms with Crippen LogP contribution < -0.4 is 0 Å². The standard InChI is InChI=1S/C13H16F2NO2/c14-9-3-4-11(15)10(8-9)12-2-1-6-16(12)13(18)5-7-17/h3-5,8,12-13,17-18H,1-2,6-7H2. The van der Waals surface area contributed by atoms with Crippen LogP contribution in [0.15, 0.2) is 18.2 Å². The summed E-state index contributed by atoms with van der Waals surface area (Å²) in [6.45, 7) is 0.342. The molecule has 1 saturated heterocycles. The third kappa shape index (κ3) is 2.68. The fourth-order valence-electron chi connectivity index (χ4n) is 2.44. The molecule has 0 saturated carbocycles. The lowest BCUT2D eigenvalue weighted by molar-refractivity contribution is 0.0111. The highest BCUT2D eigenvalue weighted by Crippen LogP contribution is 2.35. The summed E-state index contributed by atoms with van der Waals surface area (Å²) in [7, 11) is 0. The quantitative estimate of drug-likeness (QED) is 0.860. The molecule has 2 N–H and O–H groups in total. The monoisotopic (exact) mass is 256 g/mol. The van der Waals surface area contributed by atoms with Gasteiger partial charge >= 0.3 is 0 Å². The summed E-state index contributed by atoms with van der Waals surface area (Å²) in [4.78, 5) is 1.66. The maximum atomic E-state index is 13.7. The second kappa shape index (κ2) is 5.73. The minimum Gasteiger partial charge on any atom is -0.396 e. The van der Waals surface area contributed by atoms with E-state index < -0.39 is 17.9 Å². The first kappa shape index (κ1) is 13.4. The lowest BCUT2D eigenvalue weighted by Crippen LogP contribution is -2.36. The molecule has 0 aliphatic carbocycles. The first-order valence-corrected chi connectivity index (χ1v) is 5.96. The lowest BCUT2D eigenvalue weighted by Gasteiger charge is -2.29. The average Bonchev–Trinajstić information content (AvgIpc) is 2.81. The molecule has 0 spiro atoms. The molecule has 5 heteroatoms. The molecular formula is C13H16F2NO2. The highest BCUT2D eigenvalue weighted by molar-refractivity contribution is 5.23. The summed E-state index contributed by atoms with van der Waals surface area (Å²) in [5, 5.41) is 18.6. The number of hydrogen-bond acceptors (Lipinski definition) is 3. The van der Waals surface area contributed by atoms with Crippen LogP contribution in [0.2, 0.25) is 0 Å². The van der Waals surface area contributed by atoms with Gasteiger partial charge in [0.1, 0.15) is 17.9 Å². The number of halogens is 2. The molecule has 1 aliphatic heterocycles. The van der Waals surface area contributed by atoms with E-state index >= 15 is 0 Å². The van der Waals surface area contributed by atoms with Gasteiger partial charge < -0.3 is 10.2 Å². The van der Waals surface area contributed by atoms with E-state index in [1.807, 2.05) is 0 Å². The molecule has 2 unspecified atom stereocenters. The maximum absolute atomic E-state index is 13.7. The van der Waals surface area contributed by atoms with Gasteiger partial charge in [0.2, 0.25) is 0 Å². The van der Waals surface area contributed by atoms with E-state index in [-0.39, 0.29) is 18.2 Å².